The molecule has 0 fully saturated rings. The standard InChI is InChI=1S/C8H9IN2O/c1-6(12)10-11-8-5-3-2-4-7(8)9/h2-5,11H,1H3,(H,10,12). The van der Waals surface area contributed by atoms with Crippen LogP contribution in [0.4, 0.5) is 5.69 Å². The van der Waals surface area contributed by atoms with Crippen LogP contribution in [0.2, 0.25) is 0 Å². The third kappa shape index (κ3) is 2.69. The topological polar surface area (TPSA) is 41.1 Å². The molecular formula is C8H9IN2O. The Balaban J connectivity index is 2.63. The number of anilines is 1. The molecule has 64 valence electrons. The molecule has 0 saturated heterocycles. The molecule has 0 bridgehead atoms. The van der Waals surface area contributed by atoms with E-state index in [1.165, 1.54) is 6.92 Å². The lowest BCUT2D eigenvalue weighted by molar-refractivity contribution is -0.118. The van der Waals surface area contributed by atoms with Crippen molar-refractivity contribution >= 4 is 34.2 Å². The van der Waals surface area contributed by atoms with Crippen LogP contribution >= 0.6 is 22.6 Å². The van der Waals surface area contributed by atoms with Crippen LogP contribution in [-0.4, -0.2) is 5.91 Å². The fraction of sp³-hybridized carbons (Fsp3) is 0.125. The predicted octanol–water partition coefficient (Wildman–Crippen LogP) is 1.75. The SMILES string of the molecule is CC(=O)NNc1ccccc1I. The number of para-hydroxylation sites is 1. The Hall–Kier alpha value is -0.780. The third-order valence-corrected chi connectivity index (χ3v) is 2.19. The first-order chi connectivity index (χ1) is 5.70. The van der Waals surface area contributed by atoms with Crippen molar-refractivity contribution in [3.8, 4) is 0 Å². The van der Waals surface area contributed by atoms with Crippen LogP contribution in [0.5, 0.6) is 0 Å². The zero-order valence-corrected chi connectivity index (χ0v) is 8.75. The molecule has 1 aromatic carbocycles. The van der Waals surface area contributed by atoms with E-state index in [2.05, 4.69) is 33.4 Å². The minimum absolute atomic E-state index is 0.102. The number of carbonyl (C=O) groups excluding carboxylic acids is 1. The number of hydrogen-bond donors (Lipinski definition) is 2. The number of carbonyl (C=O) groups is 1. The van der Waals surface area contributed by atoms with Gasteiger partial charge in [-0.25, -0.2) is 0 Å². The van der Waals surface area contributed by atoms with E-state index in [0.29, 0.717) is 0 Å². The molecule has 0 atom stereocenters. The predicted molar refractivity (Wildman–Crippen MR) is 56.6 cm³/mol. The molecule has 1 rings (SSSR count). The molecule has 0 unspecified atom stereocenters. The van der Waals surface area contributed by atoms with Crippen LogP contribution in [0.25, 0.3) is 0 Å². The number of halogens is 1. The van der Waals surface area contributed by atoms with Gasteiger partial charge in [-0.3, -0.25) is 15.6 Å². The smallest absolute Gasteiger partial charge is 0.235 e. The van der Waals surface area contributed by atoms with Gasteiger partial charge in [0.05, 0.1) is 5.69 Å². The highest BCUT2D eigenvalue weighted by molar-refractivity contribution is 14.1. The first kappa shape index (κ1) is 9.31. The first-order valence-electron chi connectivity index (χ1n) is 3.47. The van der Waals surface area contributed by atoms with Gasteiger partial charge in [0.25, 0.3) is 0 Å². The monoisotopic (exact) mass is 276 g/mol. The molecule has 0 saturated carbocycles. The van der Waals surface area contributed by atoms with E-state index in [1.54, 1.807) is 0 Å². The van der Waals surface area contributed by atoms with Crippen molar-refractivity contribution in [1.29, 1.82) is 0 Å². The van der Waals surface area contributed by atoms with Gasteiger partial charge >= 0.3 is 0 Å². The minimum atomic E-state index is -0.102. The lowest BCUT2D eigenvalue weighted by Gasteiger charge is -2.07. The Morgan fingerprint density at radius 3 is 2.67 bits per heavy atom. The van der Waals surface area contributed by atoms with Crippen LogP contribution < -0.4 is 10.9 Å². The van der Waals surface area contributed by atoms with Gasteiger partial charge in [-0.1, -0.05) is 12.1 Å². The van der Waals surface area contributed by atoms with Crippen molar-refractivity contribution < 1.29 is 4.79 Å². The maximum atomic E-state index is 10.6. The van der Waals surface area contributed by atoms with Gasteiger partial charge in [-0.2, -0.15) is 0 Å². The maximum absolute atomic E-state index is 10.6. The fourth-order valence-electron chi connectivity index (χ4n) is 0.718. The second-order valence-electron chi connectivity index (χ2n) is 2.29. The molecule has 0 heterocycles. The summed E-state index contributed by atoms with van der Waals surface area (Å²) in [5.41, 5.74) is 6.22. The number of benzene rings is 1. The molecule has 0 aliphatic carbocycles. The van der Waals surface area contributed by atoms with Crippen molar-refractivity contribution in [2.75, 3.05) is 5.43 Å². The summed E-state index contributed by atoms with van der Waals surface area (Å²) in [7, 11) is 0. The van der Waals surface area contributed by atoms with E-state index in [9.17, 15) is 4.79 Å². The van der Waals surface area contributed by atoms with Gasteiger partial charge in [-0.05, 0) is 34.7 Å². The summed E-state index contributed by atoms with van der Waals surface area (Å²) >= 11 is 2.19. The van der Waals surface area contributed by atoms with E-state index in [4.69, 9.17) is 0 Å². The zero-order chi connectivity index (χ0) is 8.97. The molecule has 2 N–H and O–H groups in total. The van der Waals surface area contributed by atoms with Gasteiger partial charge in [0.1, 0.15) is 0 Å². The van der Waals surface area contributed by atoms with E-state index in [-0.39, 0.29) is 5.91 Å². The van der Waals surface area contributed by atoms with E-state index < -0.39 is 0 Å². The molecule has 0 aliphatic rings. The molecule has 0 aromatic heterocycles. The van der Waals surface area contributed by atoms with Crippen molar-refractivity contribution in [2.24, 2.45) is 0 Å². The number of rotatable bonds is 2. The highest BCUT2D eigenvalue weighted by atomic mass is 127. The molecule has 3 nitrogen and oxygen atoms in total. The summed E-state index contributed by atoms with van der Waals surface area (Å²) < 4.78 is 1.07. The quantitative estimate of drug-likeness (QED) is 0.638. The van der Waals surface area contributed by atoms with Crippen molar-refractivity contribution in [3.63, 3.8) is 0 Å². The van der Waals surface area contributed by atoms with Crippen LogP contribution in [0, 0.1) is 3.57 Å². The summed E-state index contributed by atoms with van der Waals surface area (Å²) in [4.78, 5) is 10.6. The summed E-state index contributed by atoms with van der Waals surface area (Å²) in [6, 6.07) is 7.72. The Kier molecular flexibility index (Phi) is 3.33. The normalized spacial score (nSPS) is 9.17. The largest absolute Gasteiger partial charge is 0.298 e. The van der Waals surface area contributed by atoms with Crippen LogP contribution in [0.15, 0.2) is 24.3 Å². The Labute approximate surface area is 84.7 Å². The van der Waals surface area contributed by atoms with E-state index in [1.807, 2.05) is 24.3 Å². The Morgan fingerprint density at radius 2 is 2.08 bits per heavy atom. The minimum Gasteiger partial charge on any atom is -0.298 e. The van der Waals surface area contributed by atoms with Gasteiger partial charge < -0.3 is 0 Å². The van der Waals surface area contributed by atoms with Gasteiger partial charge in [-0.15, -0.1) is 0 Å². The second kappa shape index (κ2) is 4.30. The summed E-state index contributed by atoms with van der Waals surface area (Å²) in [5.74, 6) is -0.102. The third-order valence-electron chi connectivity index (χ3n) is 1.25. The molecule has 1 aromatic rings. The van der Waals surface area contributed by atoms with Gasteiger partial charge in [0.2, 0.25) is 5.91 Å². The van der Waals surface area contributed by atoms with Gasteiger partial charge in [0.15, 0.2) is 0 Å². The molecule has 0 aliphatic heterocycles. The number of hydrogen-bond acceptors (Lipinski definition) is 2. The number of nitrogens with one attached hydrogen (secondary N) is 2. The average molecular weight is 276 g/mol. The molecule has 4 heteroatoms. The molecule has 12 heavy (non-hydrogen) atoms. The maximum Gasteiger partial charge on any atom is 0.235 e. The summed E-state index contributed by atoms with van der Waals surface area (Å²) in [5, 5.41) is 0. The number of hydrazine groups is 1. The molecule has 0 spiro atoms. The lowest BCUT2D eigenvalue weighted by atomic mass is 10.3. The van der Waals surface area contributed by atoms with Crippen LogP contribution in [-0.2, 0) is 4.79 Å². The highest BCUT2D eigenvalue weighted by Crippen LogP contribution is 2.15. The second-order valence-corrected chi connectivity index (χ2v) is 3.45. The molecule has 0 radical (unpaired) electrons. The highest BCUT2D eigenvalue weighted by Gasteiger charge is 1.96. The van der Waals surface area contributed by atoms with Crippen LogP contribution in [0.3, 0.4) is 0 Å². The first-order valence-corrected chi connectivity index (χ1v) is 4.55. The Bertz CT molecular complexity index is 288. The number of amides is 1. The van der Waals surface area contributed by atoms with Crippen molar-refractivity contribution in [2.45, 2.75) is 6.92 Å². The van der Waals surface area contributed by atoms with Gasteiger partial charge in [0, 0.05) is 10.5 Å². The van der Waals surface area contributed by atoms with Crippen molar-refractivity contribution in [3.05, 3.63) is 27.8 Å². The van der Waals surface area contributed by atoms with Crippen molar-refractivity contribution in [1.82, 2.24) is 5.43 Å². The summed E-state index contributed by atoms with van der Waals surface area (Å²) in [6.45, 7) is 1.46. The lowest BCUT2D eigenvalue weighted by Crippen LogP contribution is -2.26. The summed E-state index contributed by atoms with van der Waals surface area (Å²) in [6.07, 6.45) is 0. The van der Waals surface area contributed by atoms with E-state index in [0.717, 1.165) is 9.26 Å². The van der Waals surface area contributed by atoms with E-state index >= 15 is 0 Å². The van der Waals surface area contributed by atoms with Crippen LogP contribution in [0.1, 0.15) is 6.92 Å². The Morgan fingerprint density at radius 1 is 1.42 bits per heavy atom. The molecular weight excluding hydrogens is 267 g/mol. The molecule has 1 amide bonds. The average Bonchev–Trinajstić information content (AvgIpc) is 2.03. The fourth-order valence-corrected chi connectivity index (χ4v) is 1.24. The zero-order valence-electron chi connectivity index (χ0n) is 6.60.